The van der Waals surface area contributed by atoms with Crippen molar-refractivity contribution in [1.82, 2.24) is 10.0 Å². The van der Waals surface area contributed by atoms with Crippen molar-refractivity contribution < 1.29 is 8.42 Å². The summed E-state index contributed by atoms with van der Waals surface area (Å²) in [6.07, 6.45) is 1.18. The molecule has 0 amide bonds. The Bertz CT molecular complexity index is 568. The summed E-state index contributed by atoms with van der Waals surface area (Å²) in [6, 6.07) is 8.32. The molecule has 1 rings (SSSR count). The van der Waals surface area contributed by atoms with Crippen LogP contribution in [0.2, 0.25) is 0 Å². The average molecular weight is 313 g/mol. The van der Waals surface area contributed by atoms with Crippen LogP contribution >= 0.6 is 0 Å². The van der Waals surface area contributed by atoms with Crippen molar-refractivity contribution in [3.05, 3.63) is 29.8 Å². The normalized spacial score (nSPS) is 14.0. The van der Waals surface area contributed by atoms with Crippen LogP contribution in [0.1, 0.15) is 32.4 Å². The molecule has 1 aromatic carbocycles. The first kappa shape index (κ1) is 17.9. The highest BCUT2D eigenvalue weighted by Crippen LogP contribution is 2.24. The summed E-state index contributed by atoms with van der Waals surface area (Å²) >= 11 is 0. The molecule has 6 heteroatoms. The number of benzene rings is 1. The van der Waals surface area contributed by atoms with E-state index in [9.17, 15) is 8.42 Å². The van der Waals surface area contributed by atoms with Gasteiger partial charge in [0.25, 0.3) is 0 Å². The van der Waals surface area contributed by atoms with Gasteiger partial charge in [-0.3, -0.25) is 0 Å². The fourth-order valence-corrected chi connectivity index (χ4v) is 3.39. The van der Waals surface area contributed by atoms with Crippen molar-refractivity contribution in [2.24, 2.45) is 0 Å². The van der Waals surface area contributed by atoms with Crippen LogP contribution in [0.5, 0.6) is 0 Å². The second kappa shape index (κ2) is 6.77. The molecule has 0 aliphatic heterocycles. The molecule has 0 aliphatic rings. The molecule has 0 bridgehead atoms. The standard InChI is InChI=1S/C15H27N3O2S/c1-12(13-9-7-8-10-14(13)18(4)5)16-11-15(2,3)17-21(6,19)20/h7-10,12,16-17H,11H2,1-6H3/t12-/m0/s1. The lowest BCUT2D eigenvalue weighted by molar-refractivity contribution is 0.399. The van der Waals surface area contributed by atoms with Gasteiger partial charge in [-0.1, -0.05) is 18.2 Å². The first-order chi connectivity index (χ1) is 9.52. The fourth-order valence-electron chi connectivity index (χ4n) is 2.32. The molecule has 0 heterocycles. The summed E-state index contributed by atoms with van der Waals surface area (Å²) < 4.78 is 25.4. The van der Waals surface area contributed by atoms with E-state index in [1.165, 1.54) is 11.8 Å². The number of anilines is 1. The lowest BCUT2D eigenvalue weighted by atomic mass is 10.0. The molecule has 0 aromatic heterocycles. The highest BCUT2D eigenvalue weighted by atomic mass is 32.2. The van der Waals surface area contributed by atoms with E-state index in [1.807, 2.05) is 40.1 Å². The number of hydrogen-bond acceptors (Lipinski definition) is 4. The highest BCUT2D eigenvalue weighted by molar-refractivity contribution is 7.88. The monoisotopic (exact) mass is 313 g/mol. The van der Waals surface area contributed by atoms with Gasteiger partial charge in [-0.15, -0.1) is 0 Å². The van der Waals surface area contributed by atoms with E-state index in [0.29, 0.717) is 6.54 Å². The Balaban J connectivity index is 2.76. The SMILES string of the molecule is C[C@H](NCC(C)(C)NS(C)(=O)=O)c1ccccc1N(C)C. The van der Waals surface area contributed by atoms with Gasteiger partial charge in [0.15, 0.2) is 0 Å². The Morgan fingerprint density at radius 2 is 1.81 bits per heavy atom. The van der Waals surface area contributed by atoms with Gasteiger partial charge >= 0.3 is 0 Å². The summed E-state index contributed by atoms with van der Waals surface area (Å²) in [4.78, 5) is 2.08. The van der Waals surface area contributed by atoms with Crippen molar-refractivity contribution in [3.8, 4) is 0 Å². The molecular weight excluding hydrogens is 286 g/mol. The molecule has 0 saturated heterocycles. The van der Waals surface area contributed by atoms with E-state index in [0.717, 1.165) is 5.69 Å². The van der Waals surface area contributed by atoms with Crippen LogP contribution in [0.15, 0.2) is 24.3 Å². The molecule has 0 aliphatic carbocycles. The van der Waals surface area contributed by atoms with E-state index in [2.05, 4.69) is 34.0 Å². The van der Waals surface area contributed by atoms with E-state index in [-0.39, 0.29) is 6.04 Å². The number of rotatable bonds is 7. The highest BCUT2D eigenvalue weighted by Gasteiger charge is 2.23. The molecule has 0 fully saturated rings. The lowest BCUT2D eigenvalue weighted by Crippen LogP contribution is -2.50. The summed E-state index contributed by atoms with van der Waals surface area (Å²) in [6.45, 7) is 6.36. The predicted molar refractivity (Wildman–Crippen MR) is 89.2 cm³/mol. The fraction of sp³-hybridized carbons (Fsp3) is 0.600. The molecule has 1 atom stereocenters. The minimum absolute atomic E-state index is 0.129. The van der Waals surface area contributed by atoms with Crippen LogP contribution < -0.4 is 14.9 Å². The number of sulfonamides is 1. The molecule has 1 aromatic rings. The number of nitrogens with zero attached hydrogens (tertiary/aromatic N) is 1. The third-order valence-electron chi connectivity index (χ3n) is 3.20. The quantitative estimate of drug-likeness (QED) is 0.805. The van der Waals surface area contributed by atoms with Crippen LogP contribution in [-0.4, -0.2) is 40.9 Å². The largest absolute Gasteiger partial charge is 0.377 e. The van der Waals surface area contributed by atoms with E-state index in [1.54, 1.807) is 0 Å². The molecule has 0 spiro atoms. The average Bonchev–Trinajstić information content (AvgIpc) is 2.33. The van der Waals surface area contributed by atoms with Gasteiger partial charge in [0.1, 0.15) is 0 Å². The molecule has 2 N–H and O–H groups in total. The Morgan fingerprint density at radius 1 is 1.24 bits per heavy atom. The number of nitrogens with one attached hydrogen (secondary N) is 2. The lowest BCUT2D eigenvalue weighted by Gasteiger charge is -2.29. The van der Waals surface area contributed by atoms with Crippen LogP contribution in [-0.2, 0) is 10.0 Å². The maximum absolute atomic E-state index is 11.4. The Labute approximate surface area is 128 Å². The van der Waals surface area contributed by atoms with Gasteiger partial charge in [-0.05, 0) is 32.4 Å². The minimum atomic E-state index is -3.21. The molecule has 0 saturated carbocycles. The molecule has 120 valence electrons. The van der Waals surface area contributed by atoms with E-state index >= 15 is 0 Å². The van der Waals surface area contributed by atoms with Gasteiger partial charge in [0, 0.05) is 37.9 Å². The van der Waals surface area contributed by atoms with Gasteiger partial charge in [-0.25, -0.2) is 13.1 Å². The van der Waals surface area contributed by atoms with Crippen LogP contribution in [0.3, 0.4) is 0 Å². The van der Waals surface area contributed by atoms with Crippen molar-refractivity contribution in [2.45, 2.75) is 32.4 Å². The van der Waals surface area contributed by atoms with Crippen LogP contribution in [0.25, 0.3) is 0 Å². The van der Waals surface area contributed by atoms with Crippen LogP contribution in [0, 0.1) is 0 Å². The minimum Gasteiger partial charge on any atom is -0.377 e. The smallest absolute Gasteiger partial charge is 0.209 e. The Morgan fingerprint density at radius 3 is 2.33 bits per heavy atom. The van der Waals surface area contributed by atoms with Crippen LogP contribution in [0.4, 0.5) is 5.69 Å². The number of hydrogen-bond donors (Lipinski definition) is 2. The molecule has 5 nitrogen and oxygen atoms in total. The summed E-state index contributed by atoms with van der Waals surface area (Å²) in [5.74, 6) is 0. The summed E-state index contributed by atoms with van der Waals surface area (Å²) in [5.41, 5.74) is 1.82. The van der Waals surface area contributed by atoms with E-state index in [4.69, 9.17) is 0 Å². The summed E-state index contributed by atoms with van der Waals surface area (Å²) in [5, 5.41) is 3.40. The van der Waals surface area contributed by atoms with Crippen molar-refractivity contribution in [3.63, 3.8) is 0 Å². The maximum Gasteiger partial charge on any atom is 0.209 e. The summed E-state index contributed by atoms with van der Waals surface area (Å²) in [7, 11) is 0.815. The Hall–Kier alpha value is -1.11. The molecular formula is C15H27N3O2S. The Kier molecular flexibility index (Phi) is 5.78. The third-order valence-corrected chi connectivity index (χ3v) is 4.12. The van der Waals surface area contributed by atoms with Crippen molar-refractivity contribution in [1.29, 1.82) is 0 Å². The zero-order valence-electron chi connectivity index (χ0n) is 13.8. The van der Waals surface area contributed by atoms with E-state index < -0.39 is 15.6 Å². The van der Waals surface area contributed by atoms with Gasteiger partial charge < -0.3 is 10.2 Å². The first-order valence-corrected chi connectivity index (χ1v) is 8.89. The molecule has 0 unspecified atom stereocenters. The van der Waals surface area contributed by atoms with Gasteiger partial charge in [0.05, 0.1) is 6.26 Å². The van der Waals surface area contributed by atoms with Gasteiger partial charge in [-0.2, -0.15) is 0 Å². The number of para-hydroxylation sites is 1. The predicted octanol–water partition coefficient (Wildman–Crippen LogP) is 1.73. The van der Waals surface area contributed by atoms with Crippen molar-refractivity contribution in [2.75, 3.05) is 31.8 Å². The topological polar surface area (TPSA) is 61.4 Å². The molecule has 0 radical (unpaired) electrons. The second-order valence-electron chi connectivity index (χ2n) is 6.31. The first-order valence-electron chi connectivity index (χ1n) is 7.00. The zero-order chi connectivity index (χ0) is 16.3. The molecule has 21 heavy (non-hydrogen) atoms. The maximum atomic E-state index is 11.4. The third kappa shape index (κ3) is 6.03. The van der Waals surface area contributed by atoms with Gasteiger partial charge in [0.2, 0.25) is 10.0 Å². The zero-order valence-corrected chi connectivity index (χ0v) is 14.6. The van der Waals surface area contributed by atoms with Crippen molar-refractivity contribution >= 4 is 15.7 Å². The second-order valence-corrected chi connectivity index (χ2v) is 8.06.